The summed E-state index contributed by atoms with van der Waals surface area (Å²) in [6.45, 7) is 5.78. The molecule has 1 aliphatic heterocycles. The van der Waals surface area contributed by atoms with Crippen LogP contribution in [0, 0.1) is 0 Å². The highest BCUT2D eigenvalue weighted by Gasteiger charge is 2.12. The first-order valence-electron chi connectivity index (χ1n) is 4.81. The highest BCUT2D eigenvalue weighted by Crippen LogP contribution is 2.29. The van der Waals surface area contributed by atoms with Gasteiger partial charge in [-0.2, -0.15) is 0 Å². The molecule has 0 radical (unpaired) electrons. The van der Waals surface area contributed by atoms with Crippen LogP contribution >= 0.6 is 0 Å². The molecule has 1 aromatic carbocycles. The lowest BCUT2D eigenvalue weighted by Crippen LogP contribution is -2.28. The van der Waals surface area contributed by atoms with Crippen molar-refractivity contribution in [2.75, 3.05) is 25.1 Å². The molecule has 0 fully saturated rings. The van der Waals surface area contributed by atoms with E-state index >= 15 is 0 Å². The van der Waals surface area contributed by atoms with Crippen LogP contribution in [0.25, 0.3) is 0 Å². The van der Waals surface area contributed by atoms with Crippen LogP contribution in [0.2, 0.25) is 0 Å². The minimum absolute atomic E-state index is 0.799. The van der Waals surface area contributed by atoms with Crippen LogP contribution in [0.15, 0.2) is 24.3 Å². The van der Waals surface area contributed by atoms with Gasteiger partial charge in [0.1, 0.15) is 12.4 Å². The molecule has 0 amide bonds. The predicted octanol–water partition coefficient (Wildman–Crippen LogP) is 2.54. The Morgan fingerprint density at radius 2 is 1.92 bits per heavy atom. The smallest absolute Gasteiger partial charge is 0.142 e. The second kappa shape index (κ2) is 4.75. The molecule has 72 valence electrons. The van der Waals surface area contributed by atoms with Crippen molar-refractivity contribution in [3.05, 3.63) is 24.3 Å². The van der Waals surface area contributed by atoms with E-state index in [0.29, 0.717) is 0 Å². The second-order valence-corrected chi connectivity index (χ2v) is 2.74. The van der Waals surface area contributed by atoms with Crippen molar-refractivity contribution < 1.29 is 4.74 Å². The summed E-state index contributed by atoms with van der Waals surface area (Å²) in [4.78, 5) is 2.21. The molecule has 2 heteroatoms. The normalized spacial score (nSPS) is 13.6. The van der Waals surface area contributed by atoms with Crippen LogP contribution in [-0.4, -0.2) is 20.2 Å². The van der Waals surface area contributed by atoms with Gasteiger partial charge in [0, 0.05) is 7.05 Å². The molecule has 0 saturated heterocycles. The minimum atomic E-state index is 0.799. The maximum Gasteiger partial charge on any atom is 0.142 e. The first-order chi connectivity index (χ1) is 6.38. The average molecular weight is 179 g/mol. The summed E-state index contributed by atoms with van der Waals surface area (Å²) >= 11 is 0. The Hall–Kier alpha value is -1.18. The van der Waals surface area contributed by atoms with Gasteiger partial charge in [-0.05, 0) is 12.1 Å². The molecular weight excluding hydrogens is 162 g/mol. The van der Waals surface area contributed by atoms with E-state index in [9.17, 15) is 0 Å². The van der Waals surface area contributed by atoms with E-state index < -0.39 is 0 Å². The topological polar surface area (TPSA) is 12.5 Å². The number of hydrogen-bond acceptors (Lipinski definition) is 2. The highest BCUT2D eigenvalue weighted by molar-refractivity contribution is 5.58. The number of hydrogen-bond donors (Lipinski definition) is 0. The number of ether oxygens (including phenoxy) is 1. The minimum Gasteiger partial charge on any atom is -0.490 e. The van der Waals surface area contributed by atoms with Gasteiger partial charge in [-0.3, -0.25) is 0 Å². The number of benzene rings is 1. The largest absolute Gasteiger partial charge is 0.490 e. The van der Waals surface area contributed by atoms with Crippen molar-refractivity contribution in [3.8, 4) is 5.75 Å². The standard InChI is InChI=1S/C9H11NO.C2H6/c1-10-6-7-11-9-5-3-2-4-8(9)10;1-2/h2-5H,6-7H2,1H3;1-2H3. The van der Waals surface area contributed by atoms with E-state index in [0.717, 1.165) is 18.9 Å². The maximum atomic E-state index is 5.45. The molecule has 0 aromatic heterocycles. The predicted molar refractivity (Wildman–Crippen MR) is 56.6 cm³/mol. The first kappa shape index (κ1) is 9.90. The number of fused-ring (bicyclic) bond motifs is 1. The summed E-state index contributed by atoms with van der Waals surface area (Å²) in [6.07, 6.45) is 0. The van der Waals surface area contributed by atoms with Crippen LogP contribution in [0.3, 0.4) is 0 Å². The van der Waals surface area contributed by atoms with Gasteiger partial charge in [-0.25, -0.2) is 0 Å². The Morgan fingerprint density at radius 3 is 2.62 bits per heavy atom. The van der Waals surface area contributed by atoms with E-state index in [1.807, 2.05) is 32.0 Å². The number of anilines is 1. The molecule has 0 unspecified atom stereocenters. The lowest BCUT2D eigenvalue weighted by atomic mass is 10.2. The van der Waals surface area contributed by atoms with E-state index in [2.05, 4.69) is 18.0 Å². The van der Waals surface area contributed by atoms with E-state index in [4.69, 9.17) is 4.74 Å². The van der Waals surface area contributed by atoms with Crippen molar-refractivity contribution in [1.29, 1.82) is 0 Å². The van der Waals surface area contributed by atoms with Gasteiger partial charge in [0.25, 0.3) is 0 Å². The zero-order chi connectivity index (χ0) is 9.68. The quantitative estimate of drug-likeness (QED) is 0.607. The van der Waals surface area contributed by atoms with Crippen LogP contribution in [0.4, 0.5) is 5.69 Å². The van der Waals surface area contributed by atoms with Crippen molar-refractivity contribution in [2.24, 2.45) is 0 Å². The summed E-state index contributed by atoms with van der Waals surface area (Å²) in [5.74, 6) is 1.00. The fourth-order valence-corrected chi connectivity index (χ4v) is 1.31. The maximum absolute atomic E-state index is 5.45. The molecule has 0 aliphatic carbocycles. The Balaban J connectivity index is 0.000000396. The first-order valence-corrected chi connectivity index (χ1v) is 4.81. The van der Waals surface area contributed by atoms with Gasteiger partial charge in [0.15, 0.2) is 0 Å². The molecule has 0 saturated carbocycles. The zero-order valence-electron chi connectivity index (χ0n) is 8.58. The van der Waals surface area contributed by atoms with Crippen LogP contribution < -0.4 is 9.64 Å². The monoisotopic (exact) mass is 179 g/mol. The Bertz CT molecular complexity index is 260. The van der Waals surface area contributed by atoms with Crippen LogP contribution in [0.1, 0.15) is 13.8 Å². The van der Waals surface area contributed by atoms with Gasteiger partial charge >= 0.3 is 0 Å². The highest BCUT2D eigenvalue weighted by atomic mass is 16.5. The summed E-state index contributed by atoms with van der Waals surface area (Å²) in [5.41, 5.74) is 1.19. The van der Waals surface area contributed by atoms with Crippen molar-refractivity contribution in [3.63, 3.8) is 0 Å². The number of nitrogens with zero attached hydrogens (tertiary/aromatic N) is 1. The molecule has 2 rings (SSSR count). The number of likely N-dealkylation sites (N-methyl/N-ethyl adjacent to an activating group) is 1. The Labute approximate surface area is 80.1 Å². The zero-order valence-corrected chi connectivity index (χ0v) is 8.58. The van der Waals surface area contributed by atoms with Gasteiger partial charge in [0.2, 0.25) is 0 Å². The average Bonchev–Trinajstić information content (AvgIpc) is 2.22. The Kier molecular flexibility index (Phi) is 3.62. The van der Waals surface area contributed by atoms with Gasteiger partial charge in [0.05, 0.1) is 12.2 Å². The van der Waals surface area contributed by atoms with Gasteiger partial charge in [-0.15, -0.1) is 0 Å². The Morgan fingerprint density at radius 1 is 1.23 bits per heavy atom. The molecule has 2 nitrogen and oxygen atoms in total. The fraction of sp³-hybridized carbons (Fsp3) is 0.455. The van der Waals surface area contributed by atoms with Crippen molar-refractivity contribution in [2.45, 2.75) is 13.8 Å². The van der Waals surface area contributed by atoms with Crippen LogP contribution in [0.5, 0.6) is 5.75 Å². The van der Waals surface area contributed by atoms with E-state index in [1.54, 1.807) is 0 Å². The molecule has 1 aliphatic rings. The second-order valence-electron chi connectivity index (χ2n) is 2.74. The van der Waals surface area contributed by atoms with Crippen molar-refractivity contribution >= 4 is 5.69 Å². The molecule has 0 spiro atoms. The molecule has 13 heavy (non-hydrogen) atoms. The molecule has 0 bridgehead atoms. The van der Waals surface area contributed by atoms with Crippen LogP contribution in [-0.2, 0) is 0 Å². The molecule has 1 aromatic rings. The third kappa shape index (κ3) is 2.14. The third-order valence-electron chi connectivity index (χ3n) is 1.96. The van der Waals surface area contributed by atoms with Gasteiger partial charge in [-0.1, -0.05) is 26.0 Å². The third-order valence-corrected chi connectivity index (χ3v) is 1.96. The van der Waals surface area contributed by atoms with E-state index in [-0.39, 0.29) is 0 Å². The lowest BCUT2D eigenvalue weighted by Gasteiger charge is -2.27. The molecule has 0 N–H and O–H groups in total. The lowest BCUT2D eigenvalue weighted by molar-refractivity contribution is 0.311. The molecular formula is C11H17NO. The molecule has 1 heterocycles. The summed E-state index contributed by atoms with van der Waals surface area (Å²) in [7, 11) is 2.08. The number of rotatable bonds is 0. The number of para-hydroxylation sites is 2. The molecule has 0 atom stereocenters. The van der Waals surface area contributed by atoms with E-state index in [1.165, 1.54) is 5.69 Å². The fourth-order valence-electron chi connectivity index (χ4n) is 1.31. The summed E-state index contributed by atoms with van der Waals surface area (Å²) in [6, 6.07) is 8.11. The summed E-state index contributed by atoms with van der Waals surface area (Å²) in [5, 5.41) is 0. The summed E-state index contributed by atoms with van der Waals surface area (Å²) < 4.78 is 5.45. The SMILES string of the molecule is CC.CN1CCOc2ccccc21. The van der Waals surface area contributed by atoms with Crippen molar-refractivity contribution in [1.82, 2.24) is 0 Å². The van der Waals surface area contributed by atoms with Gasteiger partial charge < -0.3 is 9.64 Å².